The zero-order chi connectivity index (χ0) is 21.0. The van der Waals surface area contributed by atoms with Gasteiger partial charge in [-0.25, -0.2) is 4.79 Å². The van der Waals surface area contributed by atoms with Crippen LogP contribution in [0.15, 0.2) is 47.4 Å². The molecule has 1 aliphatic carbocycles. The number of nitrogens with zero attached hydrogens (tertiary/aromatic N) is 1. The standard InChI is InChI=1S/C21H22N2O5S/c1-13(20(24)22-17-9-5-7-14-6-3-4-8-16(14)17)28-21(25)15-10-11-19(29-2)18(12-15)23(26)27/h3-4,6,8,10-13,17H,5,7,9H2,1-2H3,(H,22,24)/t13-,17+/m0/s1. The van der Waals surface area contributed by atoms with Crippen molar-refractivity contribution in [3.63, 3.8) is 0 Å². The Morgan fingerprint density at radius 2 is 2.03 bits per heavy atom. The van der Waals surface area contributed by atoms with Gasteiger partial charge in [0.1, 0.15) is 0 Å². The number of ether oxygens (including phenoxy) is 1. The van der Waals surface area contributed by atoms with E-state index in [4.69, 9.17) is 4.74 Å². The van der Waals surface area contributed by atoms with Gasteiger partial charge >= 0.3 is 5.97 Å². The van der Waals surface area contributed by atoms with Crippen LogP contribution in [0.3, 0.4) is 0 Å². The molecule has 2 aromatic rings. The van der Waals surface area contributed by atoms with E-state index < -0.39 is 22.9 Å². The number of aryl methyl sites for hydroxylation is 1. The Bertz CT molecular complexity index is 946. The molecule has 0 radical (unpaired) electrons. The minimum absolute atomic E-state index is 0.0390. The van der Waals surface area contributed by atoms with Gasteiger partial charge in [0.05, 0.1) is 21.4 Å². The third-order valence-electron chi connectivity index (χ3n) is 4.95. The van der Waals surface area contributed by atoms with Crippen LogP contribution in [0.1, 0.15) is 47.3 Å². The molecule has 0 fully saturated rings. The number of fused-ring (bicyclic) bond motifs is 1. The molecule has 0 saturated heterocycles. The minimum Gasteiger partial charge on any atom is -0.449 e. The van der Waals surface area contributed by atoms with E-state index >= 15 is 0 Å². The molecule has 2 atom stereocenters. The highest BCUT2D eigenvalue weighted by atomic mass is 32.2. The largest absolute Gasteiger partial charge is 0.449 e. The molecular weight excluding hydrogens is 392 g/mol. The highest BCUT2D eigenvalue weighted by Gasteiger charge is 2.26. The summed E-state index contributed by atoms with van der Waals surface area (Å²) in [6, 6.07) is 12.0. The van der Waals surface area contributed by atoms with Crippen LogP contribution >= 0.6 is 11.8 Å². The maximum atomic E-state index is 12.6. The molecule has 0 heterocycles. The number of thioether (sulfide) groups is 1. The normalized spacial score (nSPS) is 16.4. The number of benzene rings is 2. The Morgan fingerprint density at radius 1 is 1.28 bits per heavy atom. The van der Waals surface area contributed by atoms with E-state index in [0.29, 0.717) is 4.90 Å². The summed E-state index contributed by atoms with van der Waals surface area (Å²) in [6.07, 6.45) is 3.48. The Labute approximate surface area is 173 Å². The Hall–Kier alpha value is -2.87. The predicted octanol–water partition coefficient (Wildman–Crippen LogP) is 4.06. The molecule has 2 aromatic carbocycles. The highest BCUT2D eigenvalue weighted by Crippen LogP contribution is 2.30. The van der Waals surface area contributed by atoms with Gasteiger partial charge in [-0.05, 0) is 55.7 Å². The van der Waals surface area contributed by atoms with Crippen LogP contribution in [-0.4, -0.2) is 29.2 Å². The molecule has 1 aliphatic rings. The fraction of sp³-hybridized carbons (Fsp3) is 0.333. The Balaban J connectivity index is 1.67. The molecule has 0 unspecified atom stereocenters. The van der Waals surface area contributed by atoms with Crippen molar-refractivity contribution in [1.82, 2.24) is 5.32 Å². The molecule has 152 valence electrons. The number of hydrogen-bond donors (Lipinski definition) is 1. The molecule has 0 aromatic heterocycles. The zero-order valence-electron chi connectivity index (χ0n) is 16.2. The van der Waals surface area contributed by atoms with Crippen LogP contribution in [0.5, 0.6) is 0 Å². The number of carbonyl (C=O) groups excluding carboxylic acids is 2. The van der Waals surface area contributed by atoms with Gasteiger partial charge in [-0.1, -0.05) is 24.3 Å². The van der Waals surface area contributed by atoms with E-state index in [-0.39, 0.29) is 17.3 Å². The molecule has 1 N–H and O–H groups in total. The number of nitro groups is 1. The number of rotatable bonds is 6. The first-order chi connectivity index (χ1) is 13.9. The summed E-state index contributed by atoms with van der Waals surface area (Å²) >= 11 is 1.22. The molecule has 29 heavy (non-hydrogen) atoms. The number of carbonyl (C=O) groups is 2. The fourth-order valence-electron chi connectivity index (χ4n) is 3.43. The molecule has 8 heteroatoms. The maximum Gasteiger partial charge on any atom is 0.339 e. The Kier molecular flexibility index (Phi) is 6.53. The zero-order valence-corrected chi connectivity index (χ0v) is 17.0. The second kappa shape index (κ2) is 9.09. The predicted molar refractivity (Wildman–Crippen MR) is 110 cm³/mol. The average Bonchev–Trinajstić information content (AvgIpc) is 2.73. The third-order valence-corrected chi connectivity index (χ3v) is 5.74. The summed E-state index contributed by atoms with van der Waals surface area (Å²) in [7, 11) is 0. The lowest BCUT2D eigenvalue weighted by Crippen LogP contribution is -2.39. The van der Waals surface area contributed by atoms with E-state index in [1.165, 1.54) is 42.4 Å². The smallest absolute Gasteiger partial charge is 0.339 e. The monoisotopic (exact) mass is 414 g/mol. The molecule has 0 spiro atoms. The SMILES string of the molecule is CSc1ccc(C(=O)O[C@@H](C)C(=O)N[C@@H]2CCCc3ccccc32)cc1[N+](=O)[O-]. The summed E-state index contributed by atoms with van der Waals surface area (Å²) in [4.78, 5) is 36.1. The molecule has 0 saturated carbocycles. The second-order valence-corrected chi connectivity index (χ2v) is 7.69. The number of amides is 1. The van der Waals surface area contributed by atoms with Gasteiger partial charge < -0.3 is 10.1 Å². The summed E-state index contributed by atoms with van der Waals surface area (Å²) < 4.78 is 5.26. The van der Waals surface area contributed by atoms with Crippen LogP contribution in [0.25, 0.3) is 0 Å². The maximum absolute atomic E-state index is 12.6. The Morgan fingerprint density at radius 3 is 2.76 bits per heavy atom. The van der Waals surface area contributed by atoms with E-state index in [1.54, 1.807) is 6.26 Å². The van der Waals surface area contributed by atoms with Crippen molar-refractivity contribution in [3.8, 4) is 0 Å². The van der Waals surface area contributed by atoms with E-state index in [2.05, 4.69) is 11.4 Å². The first kappa shape index (κ1) is 20.9. The van der Waals surface area contributed by atoms with Crippen molar-refractivity contribution < 1.29 is 19.2 Å². The van der Waals surface area contributed by atoms with Crippen molar-refractivity contribution in [2.75, 3.05) is 6.26 Å². The van der Waals surface area contributed by atoms with Crippen LogP contribution in [0, 0.1) is 10.1 Å². The van der Waals surface area contributed by atoms with Crippen molar-refractivity contribution >= 4 is 29.3 Å². The lowest BCUT2D eigenvalue weighted by Gasteiger charge is -2.27. The van der Waals surface area contributed by atoms with E-state index in [1.807, 2.05) is 18.2 Å². The van der Waals surface area contributed by atoms with Crippen molar-refractivity contribution in [2.45, 2.75) is 43.2 Å². The van der Waals surface area contributed by atoms with Crippen molar-refractivity contribution in [3.05, 3.63) is 69.3 Å². The summed E-state index contributed by atoms with van der Waals surface area (Å²) in [5, 5.41) is 14.1. The molecule has 0 aliphatic heterocycles. The van der Waals surface area contributed by atoms with Gasteiger partial charge in [0, 0.05) is 6.07 Å². The van der Waals surface area contributed by atoms with Crippen LogP contribution in [0.4, 0.5) is 5.69 Å². The van der Waals surface area contributed by atoms with Gasteiger partial charge in [-0.2, -0.15) is 0 Å². The van der Waals surface area contributed by atoms with Gasteiger partial charge in [-0.15, -0.1) is 11.8 Å². The highest BCUT2D eigenvalue weighted by molar-refractivity contribution is 7.98. The first-order valence-electron chi connectivity index (χ1n) is 9.32. The van der Waals surface area contributed by atoms with E-state index in [0.717, 1.165) is 24.8 Å². The van der Waals surface area contributed by atoms with Gasteiger partial charge in [0.2, 0.25) is 0 Å². The average molecular weight is 414 g/mol. The second-order valence-electron chi connectivity index (χ2n) is 6.84. The van der Waals surface area contributed by atoms with Gasteiger partial charge in [-0.3, -0.25) is 14.9 Å². The minimum atomic E-state index is -1.02. The van der Waals surface area contributed by atoms with Crippen molar-refractivity contribution in [2.24, 2.45) is 0 Å². The summed E-state index contributed by atoms with van der Waals surface area (Å²) in [5.41, 5.74) is 2.18. The first-order valence-corrected chi connectivity index (χ1v) is 10.5. The molecule has 1 amide bonds. The topological polar surface area (TPSA) is 98.5 Å². The van der Waals surface area contributed by atoms with Crippen LogP contribution < -0.4 is 5.32 Å². The van der Waals surface area contributed by atoms with Crippen molar-refractivity contribution in [1.29, 1.82) is 0 Å². The third kappa shape index (κ3) is 4.76. The molecular formula is C21H22N2O5S. The quantitative estimate of drug-likeness (QED) is 0.331. The lowest BCUT2D eigenvalue weighted by molar-refractivity contribution is -0.387. The number of nitro benzene ring substituents is 1. The van der Waals surface area contributed by atoms with Gasteiger partial charge in [0.15, 0.2) is 6.10 Å². The molecule has 7 nitrogen and oxygen atoms in total. The number of esters is 1. The van der Waals surface area contributed by atoms with Crippen LogP contribution in [0.2, 0.25) is 0 Å². The number of hydrogen-bond acceptors (Lipinski definition) is 6. The summed E-state index contributed by atoms with van der Waals surface area (Å²) in [5.74, 6) is -1.16. The lowest BCUT2D eigenvalue weighted by atomic mass is 9.87. The summed E-state index contributed by atoms with van der Waals surface area (Å²) in [6.45, 7) is 1.49. The number of nitrogens with one attached hydrogen (secondary N) is 1. The molecule has 3 rings (SSSR count). The van der Waals surface area contributed by atoms with E-state index in [9.17, 15) is 19.7 Å². The molecule has 0 bridgehead atoms. The van der Waals surface area contributed by atoms with Gasteiger partial charge in [0.25, 0.3) is 11.6 Å². The van der Waals surface area contributed by atoms with Crippen LogP contribution in [-0.2, 0) is 16.0 Å². The fourth-order valence-corrected chi connectivity index (χ4v) is 3.98.